The SMILES string of the molecule is O=C(OCC1=C[C@@H](O)[C@@H]2CCO[C@@H](O)[C@H]12)c1ccccc1. The lowest BCUT2D eigenvalue weighted by Gasteiger charge is -2.33. The van der Waals surface area contributed by atoms with Crippen molar-refractivity contribution in [1.82, 2.24) is 0 Å². The number of ether oxygens (including phenoxy) is 2. The first-order valence-electron chi connectivity index (χ1n) is 7.07. The Kier molecular flexibility index (Phi) is 4.05. The standard InChI is InChI=1S/C16H18O5/c17-13-8-11(14-12(13)6-7-20-16(14)19)9-21-15(18)10-4-2-1-3-5-10/h1-5,8,12-14,16-17,19H,6-7,9H2/t12-,13+,14+,16+/m0/s1. The van der Waals surface area contributed by atoms with Crippen LogP contribution in [0.2, 0.25) is 0 Å². The molecule has 0 aromatic heterocycles. The van der Waals surface area contributed by atoms with E-state index < -0.39 is 18.4 Å². The van der Waals surface area contributed by atoms with Crippen molar-refractivity contribution in [2.45, 2.75) is 18.8 Å². The zero-order chi connectivity index (χ0) is 14.8. The second kappa shape index (κ2) is 5.97. The number of hydrogen-bond acceptors (Lipinski definition) is 5. The highest BCUT2D eigenvalue weighted by atomic mass is 16.6. The average molecular weight is 290 g/mol. The number of carbonyl (C=O) groups is 1. The summed E-state index contributed by atoms with van der Waals surface area (Å²) in [5, 5.41) is 19.9. The predicted molar refractivity (Wildman–Crippen MR) is 74.4 cm³/mol. The van der Waals surface area contributed by atoms with Crippen molar-refractivity contribution >= 4 is 5.97 Å². The van der Waals surface area contributed by atoms with Crippen molar-refractivity contribution in [2.75, 3.05) is 13.2 Å². The van der Waals surface area contributed by atoms with E-state index in [9.17, 15) is 15.0 Å². The lowest BCUT2D eigenvalue weighted by Crippen LogP contribution is -2.39. The molecule has 1 heterocycles. The first-order chi connectivity index (χ1) is 10.2. The van der Waals surface area contributed by atoms with Crippen molar-refractivity contribution in [3.05, 3.63) is 47.5 Å². The van der Waals surface area contributed by atoms with Gasteiger partial charge in [-0.3, -0.25) is 0 Å². The minimum Gasteiger partial charge on any atom is -0.458 e. The highest BCUT2D eigenvalue weighted by Gasteiger charge is 2.43. The van der Waals surface area contributed by atoms with Crippen molar-refractivity contribution in [2.24, 2.45) is 11.8 Å². The summed E-state index contributed by atoms with van der Waals surface area (Å²) in [5.41, 5.74) is 1.21. The Hall–Kier alpha value is -1.69. The summed E-state index contributed by atoms with van der Waals surface area (Å²) in [6, 6.07) is 8.73. The first kappa shape index (κ1) is 14.3. The fraction of sp³-hybridized carbons (Fsp3) is 0.438. The summed E-state index contributed by atoms with van der Waals surface area (Å²) >= 11 is 0. The molecular formula is C16H18O5. The van der Waals surface area contributed by atoms with Crippen molar-refractivity contribution in [3.63, 3.8) is 0 Å². The van der Waals surface area contributed by atoms with Crippen LogP contribution in [0.25, 0.3) is 0 Å². The van der Waals surface area contributed by atoms with Crippen LogP contribution in [-0.4, -0.2) is 41.8 Å². The van der Waals surface area contributed by atoms with E-state index in [0.29, 0.717) is 18.6 Å². The Morgan fingerprint density at radius 1 is 1.29 bits per heavy atom. The largest absolute Gasteiger partial charge is 0.458 e. The van der Waals surface area contributed by atoms with E-state index in [-0.39, 0.29) is 18.4 Å². The normalized spacial score (nSPS) is 31.4. The molecule has 1 aromatic carbocycles. The highest BCUT2D eigenvalue weighted by molar-refractivity contribution is 5.89. The van der Waals surface area contributed by atoms with Gasteiger partial charge >= 0.3 is 5.97 Å². The number of carbonyl (C=O) groups excluding carboxylic acids is 1. The van der Waals surface area contributed by atoms with Gasteiger partial charge in [0.05, 0.1) is 18.3 Å². The molecule has 112 valence electrons. The van der Waals surface area contributed by atoms with Gasteiger partial charge in [0.2, 0.25) is 0 Å². The van der Waals surface area contributed by atoms with Gasteiger partial charge in [-0.2, -0.15) is 0 Å². The second-order valence-corrected chi connectivity index (χ2v) is 5.41. The van der Waals surface area contributed by atoms with Gasteiger partial charge in [-0.1, -0.05) is 24.3 Å². The van der Waals surface area contributed by atoms with E-state index in [2.05, 4.69) is 0 Å². The number of hydrogen-bond donors (Lipinski definition) is 2. The zero-order valence-electron chi connectivity index (χ0n) is 11.5. The van der Waals surface area contributed by atoms with E-state index in [1.807, 2.05) is 6.07 Å². The van der Waals surface area contributed by atoms with Gasteiger partial charge in [-0.15, -0.1) is 0 Å². The van der Waals surface area contributed by atoms with Gasteiger partial charge in [0.1, 0.15) is 6.61 Å². The molecule has 0 unspecified atom stereocenters. The molecule has 5 heteroatoms. The van der Waals surface area contributed by atoms with Gasteiger partial charge in [-0.25, -0.2) is 4.79 Å². The van der Waals surface area contributed by atoms with Gasteiger partial charge in [0.15, 0.2) is 6.29 Å². The van der Waals surface area contributed by atoms with Gasteiger partial charge in [0.25, 0.3) is 0 Å². The van der Waals surface area contributed by atoms with Crippen LogP contribution in [0.4, 0.5) is 0 Å². The first-order valence-corrected chi connectivity index (χ1v) is 7.07. The second-order valence-electron chi connectivity index (χ2n) is 5.41. The minimum absolute atomic E-state index is 0.0563. The van der Waals surface area contributed by atoms with Crippen molar-refractivity contribution in [3.8, 4) is 0 Å². The fourth-order valence-corrected chi connectivity index (χ4v) is 3.07. The van der Waals surface area contributed by atoms with Crippen LogP contribution >= 0.6 is 0 Å². The molecular weight excluding hydrogens is 272 g/mol. The van der Waals surface area contributed by atoms with E-state index in [0.717, 1.165) is 5.57 Å². The van der Waals surface area contributed by atoms with E-state index >= 15 is 0 Å². The molecule has 21 heavy (non-hydrogen) atoms. The number of aliphatic hydroxyl groups is 2. The lowest BCUT2D eigenvalue weighted by molar-refractivity contribution is -0.173. The quantitative estimate of drug-likeness (QED) is 0.644. The van der Waals surface area contributed by atoms with Crippen LogP contribution in [-0.2, 0) is 9.47 Å². The molecule has 0 radical (unpaired) electrons. The molecule has 1 fully saturated rings. The maximum absolute atomic E-state index is 11.9. The van der Waals surface area contributed by atoms with Crippen LogP contribution in [0.1, 0.15) is 16.8 Å². The van der Waals surface area contributed by atoms with E-state index in [1.165, 1.54) is 0 Å². The molecule has 4 atom stereocenters. The fourth-order valence-electron chi connectivity index (χ4n) is 3.07. The molecule has 0 bridgehead atoms. The lowest BCUT2D eigenvalue weighted by atomic mass is 9.85. The maximum Gasteiger partial charge on any atom is 0.338 e. The Labute approximate surface area is 122 Å². The van der Waals surface area contributed by atoms with E-state index in [1.54, 1.807) is 30.3 Å². The molecule has 2 aliphatic rings. The number of benzene rings is 1. The predicted octanol–water partition coefficient (Wildman–Crippen LogP) is 1.12. The number of fused-ring (bicyclic) bond motifs is 1. The Morgan fingerprint density at radius 2 is 2.05 bits per heavy atom. The van der Waals surface area contributed by atoms with Crippen LogP contribution in [0.15, 0.2) is 42.0 Å². The maximum atomic E-state index is 11.9. The number of rotatable bonds is 3. The molecule has 0 spiro atoms. The minimum atomic E-state index is -0.942. The van der Waals surface area contributed by atoms with Crippen molar-refractivity contribution in [1.29, 1.82) is 0 Å². The monoisotopic (exact) mass is 290 g/mol. The van der Waals surface area contributed by atoms with E-state index in [4.69, 9.17) is 9.47 Å². The molecule has 1 aromatic rings. The zero-order valence-corrected chi connectivity index (χ0v) is 11.5. The van der Waals surface area contributed by atoms with Gasteiger partial charge < -0.3 is 19.7 Å². The molecule has 2 N–H and O–H groups in total. The van der Waals surface area contributed by atoms with Crippen LogP contribution < -0.4 is 0 Å². The molecule has 3 rings (SSSR count). The topological polar surface area (TPSA) is 76.0 Å². The Balaban J connectivity index is 1.65. The Morgan fingerprint density at radius 3 is 2.81 bits per heavy atom. The third-order valence-electron chi connectivity index (χ3n) is 4.14. The van der Waals surface area contributed by atoms with Crippen LogP contribution in [0, 0.1) is 11.8 Å². The molecule has 5 nitrogen and oxygen atoms in total. The summed E-state index contributed by atoms with van der Waals surface area (Å²) in [6.07, 6.45) is 0.808. The van der Waals surface area contributed by atoms with Crippen molar-refractivity contribution < 1.29 is 24.5 Å². The smallest absolute Gasteiger partial charge is 0.338 e. The van der Waals surface area contributed by atoms with Gasteiger partial charge in [-0.05, 0) is 24.1 Å². The summed E-state index contributed by atoms with van der Waals surface area (Å²) in [7, 11) is 0. The van der Waals surface area contributed by atoms with Crippen LogP contribution in [0.3, 0.4) is 0 Å². The summed E-state index contributed by atoms with van der Waals surface area (Å²) in [5.74, 6) is -0.767. The number of aliphatic hydroxyl groups excluding tert-OH is 2. The number of esters is 1. The summed E-state index contributed by atoms with van der Waals surface area (Å²) in [6.45, 7) is 0.497. The molecule has 0 saturated carbocycles. The average Bonchev–Trinajstić information content (AvgIpc) is 2.84. The highest BCUT2D eigenvalue weighted by Crippen LogP contribution is 2.40. The molecule has 1 aliphatic heterocycles. The molecule has 0 amide bonds. The molecule has 1 saturated heterocycles. The molecule has 1 aliphatic carbocycles. The summed E-state index contributed by atoms with van der Waals surface area (Å²) in [4.78, 5) is 11.9. The third-order valence-corrected chi connectivity index (χ3v) is 4.14. The van der Waals surface area contributed by atoms with Crippen LogP contribution in [0.5, 0.6) is 0 Å². The third kappa shape index (κ3) is 2.85. The van der Waals surface area contributed by atoms with Gasteiger partial charge in [0, 0.05) is 11.8 Å². The summed E-state index contributed by atoms with van der Waals surface area (Å²) < 4.78 is 10.5. The Bertz CT molecular complexity index is 539.